The van der Waals surface area contributed by atoms with Crippen LogP contribution in [0.5, 0.6) is 0 Å². The van der Waals surface area contributed by atoms with Crippen molar-refractivity contribution in [1.29, 1.82) is 0 Å². The van der Waals surface area contributed by atoms with Gasteiger partial charge in [0.25, 0.3) is 5.92 Å². The van der Waals surface area contributed by atoms with Gasteiger partial charge in [0, 0.05) is 31.1 Å². The van der Waals surface area contributed by atoms with Gasteiger partial charge in [-0.05, 0) is 33.7 Å². The molecule has 0 fully saturated rings. The third-order valence-corrected chi connectivity index (χ3v) is 4.02. The molecule has 3 nitrogen and oxygen atoms in total. The number of hydrogen-bond donors (Lipinski definition) is 2. The molecule has 1 unspecified atom stereocenters. The maximum absolute atomic E-state index is 14.1. The molecule has 0 saturated heterocycles. The molecule has 0 aromatic rings. The lowest BCUT2D eigenvalue weighted by atomic mass is 9.97. The number of hydrogen-bond acceptors (Lipinski definition) is 4. The van der Waals surface area contributed by atoms with Gasteiger partial charge < -0.3 is 4.90 Å². The maximum atomic E-state index is 14.1. The van der Waals surface area contributed by atoms with Crippen LogP contribution in [0.2, 0.25) is 0 Å². The van der Waals surface area contributed by atoms with E-state index in [0.717, 1.165) is 0 Å². The minimum atomic E-state index is -2.83. The first kappa shape index (κ1) is 16.4. The molecule has 1 N–H and O–H groups in total. The van der Waals surface area contributed by atoms with Crippen LogP contribution in [0.3, 0.4) is 0 Å². The Labute approximate surface area is 119 Å². The summed E-state index contributed by atoms with van der Waals surface area (Å²) in [6, 6.07) is 0. The molecule has 0 spiro atoms. The molecule has 6 heteroatoms. The summed E-state index contributed by atoms with van der Waals surface area (Å²) < 4.78 is 28.3. The van der Waals surface area contributed by atoms with Crippen molar-refractivity contribution in [2.45, 2.75) is 44.7 Å². The molecular weight excluding hydrogens is 268 g/mol. The van der Waals surface area contributed by atoms with Gasteiger partial charge >= 0.3 is 0 Å². The largest absolute Gasteiger partial charge is 0.350 e. The number of thiol groups is 1. The molecule has 110 valence electrons. The molecule has 0 saturated carbocycles. The van der Waals surface area contributed by atoms with Gasteiger partial charge in [-0.1, -0.05) is 0 Å². The van der Waals surface area contributed by atoms with Gasteiger partial charge in [-0.15, -0.1) is 12.6 Å². The molecule has 1 atom stereocenters. The second-order valence-electron chi connectivity index (χ2n) is 4.94. The van der Waals surface area contributed by atoms with Crippen LogP contribution in [-0.4, -0.2) is 43.3 Å². The Balaban J connectivity index is 3.15. The summed E-state index contributed by atoms with van der Waals surface area (Å²) in [6.07, 6.45) is 2.62. The summed E-state index contributed by atoms with van der Waals surface area (Å²) in [5.74, 6) is -2.83. The van der Waals surface area contributed by atoms with Crippen molar-refractivity contribution in [2.24, 2.45) is 4.99 Å². The second kappa shape index (κ2) is 6.22. The van der Waals surface area contributed by atoms with E-state index in [1.54, 1.807) is 25.2 Å². The van der Waals surface area contributed by atoms with E-state index >= 15 is 0 Å². The molecule has 1 aliphatic carbocycles. The summed E-state index contributed by atoms with van der Waals surface area (Å²) in [5.41, 5.74) is -0.749. The molecule has 0 heterocycles. The first-order valence-corrected chi connectivity index (χ1v) is 6.97. The third kappa shape index (κ3) is 3.48. The van der Waals surface area contributed by atoms with Gasteiger partial charge in [-0.3, -0.25) is 10.3 Å². The number of alkyl halides is 2. The average molecular weight is 291 g/mol. The molecule has 0 amide bonds. The highest BCUT2D eigenvalue weighted by Gasteiger charge is 2.44. The third-order valence-electron chi connectivity index (χ3n) is 3.59. The molecular formula is C13H23F2N3S. The van der Waals surface area contributed by atoms with E-state index in [4.69, 9.17) is 0 Å². The molecule has 1 aliphatic rings. The normalized spacial score (nSPS) is 22.7. The Morgan fingerprint density at radius 3 is 2.68 bits per heavy atom. The van der Waals surface area contributed by atoms with Crippen LogP contribution in [0.1, 0.15) is 33.1 Å². The van der Waals surface area contributed by atoms with Crippen molar-refractivity contribution in [3.8, 4) is 0 Å². The molecule has 0 bridgehead atoms. The van der Waals surface area contributed by atoms with Crippen LogP contribution in [0.25, 0.3) is 0 Å². The van der Waals surface area contributed by atoms with Gasteiger partial charge in [0.2, 0.25) is 0 Å². The minimum Gasteiger partial charge on any atom is -0.350 e. The summed E-state index contributed by atoms with van der Waals surface area (Å²) >= 11 is 4.26. The highest BCUT2D eigenvalue weighted by atomic mass is 32.1. The summed E-state index contributed by atoms with van der Waals surface area (Å²) in [7, 11) is 3.39. The fourth-order valence-electron chi connectivity index (χ4n) is 2.18. The number of nitrogens with zero attached hydrogens (tertiary/aromatic N) is 2. The molecule has 0 aromatic carbocycles. The quantitative estimate of drug-likeness (QED) is 0.463. The van der Waals surface area contributed by atoms with Gasteiger partial charge in [0.15, 0.2) is 0 Å². The minimum absolute atomic E-state index is 0.00138. The summed E-state index contributed by atoms with van der Waals surface area (Å²) in [6.45, 7) is 4.35. The van der Waals surface area contributed by atoms with Crippen LogP contribution in [-0.2, 0) is 0 Å². The lowest BCUT2D eigenvalue weighted by molar-refractivity contribution is -0.0140. The standard InChI is InChI=1S/C13H23F2N3S/c1-5-17-9-12(2,16-3)18(4)11-10(19)7-6-8-13(11,14)15/h9,16,19H,5-8H2,1-4H3. The predicted molar refractivity (Wildman–Crippen MR) is 79.1 cm³/mol. The SMILES string of the molecule is CCN=CC(C)(NC)N(C)C1=C(S)CCCC1(F)F. The van der Waals surface area contributed by atoms with Crippen LogP contribution >= 0.6 is 12.6 Å². The number of halogens is 2. The Morgan fingerprint density at radius 2 is 2.21 bits per heavy atom. The lowest BCUT2D eigenvalue weighted by Crippen LogP contribution is -2.57. The van der Waals surface area contributed by atoms with E-state index in [-0.39, 0.29) is 12.1 Å². The Morgan fingerprint density at radius 1 is 1.58 bits per heavy atom. The van der Waals surface area contributed by atoms with E-state index < -0.39 is 11.6 Å². The summed E-state index contributed by atoms with van der Waals surface area (Å²) in [5, 5.41) is 3.04. The van der Waals surface area contributed by atoms with Crippen LogP contribution in [0.15, 0.2) is 15.6 Å². The number of nitrogens with one attached hydrogen (secondary N) is 1. The van der Waals surface area contributed by atoms with Crippen molar-refractivity contribution < 1.29 is 8.78 Å². The second-order valence-corrected chi connectivity index (χ2v) is 5.48. The zero-order valence-corrected chi connectivity index (χ0v) is 12.9. The lowest BCUT2D eigenvalue weighted by Gasteiger charge is -2.43. The van der Waals surface area contributed by atoms with Crippen molar-refractivity contribution >= 4 is 18.8 Å². The first-order chi connectivity index (χ1) is 8.78. The predicted octanol–water partition coefficient (Wildman–Crippen LogP) is 2.91. The first-order valence-electron chi connectivity index (χ1n) is 6.52. The van der Waals surface area contributed by atoms with E-state index in [1.807, 2.05) is 13.8 Å². The average Bonchev–Trinajstić information content (AvgIpc) is 2.34. The zero-order valence-electron chi connectivity index (χ0n) is 12.0. The number of rotatable bonds is 5. The van der Waals surface area contributed by atoms with Crippen molar-refractivity contribution in [3.05, 3.63) is 10.6 Å². The van der Waals surface area contributed by atoms with Crippen molar-refractivity contribution in [1.82, 2.24) is 10.2 Å². The Hall–Kier alpha value is -0.620. The van der Waals surface area contributed by atoms with Crippen molar-refractivity contribution in [3.63, 3.8) is 0 Å². The van der Waals surface area contributed by atoms with E-state index in [1.165, 1.54) is 0 Å². The van der Waals surface area contributed by atoms with Crippen LogP contribution in [0.4, 0.5) is 8.78 Å². The topological polar surface area (TPSA) is 27.6 Å². The monoisotopic (exact) mass is 291 g/mol. The van der Waals surface area contributed by atoms with Gasteiger partial charge in [-0.2, -0.15) is 8.78 Å². The Bertz CT molecular complexity index is 382. The molecule has 19 heavy (non-hydrogen) atoms. The summed E-state index contributed by atoms with van der Waals surface area (Å²) in [4.78, 5) is 6.19. The maximum Gasteiger partial charge on any atom is 0.288 e. The van der Waals surface area contributed by atoms with E-state index in [2.05, 4.69) is 22.9 Å². The zero-order chi connectivity index (χ0) is 14.7. The van der Waals surface area contributed by atoms with Crippen LogP contribution in [0, 0.1) is 0 Å². The fraction of sp³-hybridized carbons (Fsp3) is 0.769. The molecule has 0 aromatic heterocycles. The molecule has 0 radical (unpaired) electrons. The molecule has 1 rings (SSSR count). The number of aliphatic imine (C=N–C) groups is 1. The van der Waals surface area contributed by atoms with E-state index in [0.29, 0.717) is 24.3 Å². The number of allylic oxidation sites excluding steroid dienone is 2. The Kier molecular flexibility index (Phi) is 5.38. The molecule has 0 aliphatic heterocycles. The smallest absolute Gasteiger partial charge is 0.288 e. The van der Waals surface area contributed by atoms with Gasteiger partial charge in [-0.25, -0.2) is 0 Å². The fourth-order valence-corrected chi connectivity index (χ4v) is 2.66. The van der Waals surface area contributed by atoms with Crippen molar-refractivity contribution in [2.75, 3.05) is 20.6 Å². The van der Waals surface area contributed by atoms with Gasteiger partial charge in [0.05, 0.1) is 5.70 Å². The van der Waals surface area contributed by atoms with Crippen LogP contribution < -0.4 is 5.32 Å². The highest BCUT2D eigenvalue weighted by molar-refractivity contribution is 7.84. The van der Waals surface area contributed by atoms with Gasteiger partial charge in [0.1, 0.15) is 5.66 Å². The van der Waals surface area contributed by atoms with E-state index in [9.17, 15) is 8.78 Å². The highest BCUT2D eigenvalue weighted by Crippen LogP contribution is 2.42.